The van der Waals surface area contributed by atoms with Gasteiger partial charge < -0.3 is 5.32 Å². The van der Waals surface area contributed by atoms with E-state index in [0.29, 0.717) is 19.0 Å². The molecule has 1 heterocycles. The Bertz CT molecular complexity index is 485. The van der Waals surface area contributed by atoms with Crippen LogP contribution in [0.4, 0.5) is 4.79 Å². The fourth-order valence-corrected chi connectivity index (χ4v) is 2.66. The number of rotatable bonds is 6. The van der Waals surface area contributed by atoms with Crippen LogP contribution in [0.15, 0.2) is 11.4 Å². The third kappa shape index (κ3) is 5.85. The predicted molar refractivity (Wildman–Crippen MR) is 86.4 cm³/mol. The Morgan fingerprint density at radius 1 is 1.33 bits per heavy atom. The molecule has 0 fully saturated rings. The number of likely N-dealkylation sites (N-methyl/N-ethyl adjacent to an activating group) is 1. The number of amides is 3. The van der Waals surface area contributed by atoms with Crippen LogP contribution in [-0.4, -0.2) is 36.5 Å². The van der Waals surface area contributed by atoms with E-state index in [-0.39, 0.29) is 11.9 Å². The molecule has 1 unspecified atom stereocenters. The van der Waals surface area contributed by atoms with Gasteiger partial charge in [0.25, 0.3) is 0 Å². The number of hydrogen-bond acceptors (Lipinski definition) is 4. The Kier molecular flexibility index (Phi) is 6.84. The molecule has 0 spiro atoms. The van der Waals surface area contributed by atoms with E-state index < -0.39 is 6.03 Å². The monoisotopic (exact) mass is 311 g/mol. The molecule has 0 aliphatic carbocycles. The van der Waals surface area contributed by atoms with E-state index in [4.69, 9.17) is 0 Å². The molecule has 21 heavy (non-hydrogen) atoms. The van der Waals surface area contributed by atoms with Gasteiger partial charge in [-0.25, -0.2) is 4.79 Å². The van der Waals surface area contributed by atoms with Gasteiger partial charge in [-0.15, -0.1) is 11.3 Å². The van der Waals surface area contributed by atoms with Crippen LogP contribution in [-0.2, 0) is 11.3 Å². The standard InChI is InChI=1S/C15H25N3O2S/c1-10(2)8-16-15(20)17-14(19)12(4)18(5)9-13-11(3)6-7-21-13/h6-7,10,12H,8-9H2,1-5H3,(H2,16,17,19,20). The third-order valence-electron chi connectivity index (χ3n) is 3.31. The van der Waals surface area contributed by atoms with E-state index >= 15 is 0 Å². The molecule has 0 aromatic carbocycles. The molecule has 5 nitrogen and oxygen atoms in total. The molecule has 0 saturated heterocycles. The summed E-state index contributed by atoms with van der Waals surface area (Å²) < 4.78 is 0. The average molecular weight is 311 g/mol. The highest BCUT2D eigenvalue weighted by molar-refractivity contribution is 7.10. The van der Waals surface area contributed by atoms with Crippen molar-refractivity contribution in [2.24, 2.45) is 5.92 Å². The summed E-state index contributed by atoms with van der Waals surface area (Å²) in [5.74, 6) is 0.0701. The minimum Gasteiger partial charge on any atom is -0.338 e. The summed E-state index contributed by atoms with van der Waals surface area (Å²) >= 11 is 1.68. The van der Waals surface area contributed by atoms with Crippen LogP contribution >= 0.6 is 11.3 Å². The van der Waals surface area contributed by atoms with Crippen LogP contribution in [0.3, 0.4) is 0 Å². The zero-order valence-electron chi connectivity index (χ0n) is 13.4. The van der Waals surface area contributed by atoms with Crippen molar-refractivity contribution in [3.63, 3.8) is 0 Å². The Morgan fingerprint density at radius 3 is 2.52 bits per heavy atom. The number of carbonyl (C=O) groups is 2. The van der Waals surface area contributed by atoms with E-state index in [2.05, 4.69) is 23.6 Å². The van der Waals surface area contributed by atoms with Crippen molar-refractivity contribution in [1.29, 1.82) is 0 Å². The lowest BCUT2D eigenvalue weighted by Gasteiger charge is -2.23. The molecule has 1 atom stereocenters. The smallest absolute Gasteiger partial charge is 0.321 e. The maximum atomic E-state index is 12.0. The summed E-state index contributed by atoms with van der Waals surface area (Å²) in [6.45, 7) is 9.12. The molecule has 2 N–H and O–H groups in total. The second-order valence-corrected chi connectivity index (χ2v) is 6.71. The van der Waals surface area contributed by atoms with Crippen LogP contribution in [0.25, 0.3) is 0 Å². The molecule has 0 radical (unpaired) electrons. The lowest BCUT2D eigenvalue weighted by atomic mass is 10.2. The van der Waals surface area contributed by atoms with Crippen LogP contribution in [0.1, 0.15) is 31.2 Å². The first-order valence-electron chi connectivity index (χ1n) is 7.13. The Hall–Kier alpha value is -1.40. The molecule has 0 aliphatic rings. The fraction of sp³-hybridized carbons (Fsp3) is 0.600. The molecular weight excluding hydrogens is 286 g/mol. The van der Waals surface area contributed by atoms with Gasteiger partial charge in [0, 0.05) is 18.0 Å². The lowest BCUT2D eigenvalue weighted by Crippen LogP contribution is -2.48. The average Bonchev–Trinajstić information content (AvgIpc) is 2.81. The van der Waals surface area contributed by atoms with Gasteiger partial charge in [-0.3, -0.25) is 15.0 Å². The summed E-state index contributed by atoms with van der Waals surface area (Å²) in [4.78, 5) is 26.8. The number of nitrogens with one attached hydrogen (secondary N) is 2. The van der Waals surface area contributed by atoms with Crippen LogP contribution in [0.2, 0.25) is 0 Å². The second kappa shape index (κ2) is 8.14. The third-order valence-corrected chi connectivity index (χ3v) is 4.32. The van der Waals surface area contributed by atoms with Crippen molar-refractivity contribution >= 4 is 23.3 Å². The minimum absolute atomic E-state index is 0.284. The molecule has 118 valence electrons. The molecule has 1 aromatic heterocycles. The van der Waals surface area contributed by atoms with Crippen molar-refractivity contribution in [2.75, 3.05) is 13.6 Å². The predicted octanol–water partition coefficient (Wildman–Crippen LogP) is 2.36. The SMILES string of the molecule is Cc1ccsc1CN(C)C(C)C(=O)NC(=O)NCC(C)C. The highest BCUT2D eigenvalue weighted by Gasteiger charge is 2.20. The number of aryl methyl sites for hydroxylation is 1. The van der Waals surface area contributed by atoms with Crippen LogP contribution < -0.4 is 10.6 Å². The largest absolute Gasteiger partial charge is 0.338 e. The molecule has 6 heteroatoms. The second-order valence-electron chi connectivity index (χ2n) is 5.71. The zero-order chi connectivity index (χ0) is 16.0. The van der Waals surface area contributed by atoms with E-state index in [1.807, 2.05) is 31.2 Å². The topological polar surface area (TPSA) is 61.4 Å². The molecule has 1 aromatic rings. The molecule has 0 bridgehead atoms. The van der Waals surface area contributed by atoms with Gasteiger partial charge in [0.2, 0.25) is 5.91 Å². The first-order chi connectivity index (χ1) is 9.81. The number of thiophene rings is 1. The molecule has 1 rings (SSSR count). The highest BCUT2D eigenvalue weighted by Crippen LogP contribution is 2.18. The van der Waals surface area contributed by atoms with Crippen molar-refractivity contribution < 1.29 is 9.59 Å². The van der Waals surface area contributed by atoms with Gasteiger partial charge in [-0.2, -0.15) is 0 Å². The maximum absolute atomic E-state index is 12.0. The minimum atomic E-state index is -0.429. The van der Waals surface area contributed by atoms with Crippen molar-refractivity contribution in [3.8, 4) is 0 Å². The van der Waals surface area contributed by atoms with Crippen LogP contribution in [0.5, 0.6) is 0 Å². The quantitative estimate of drug-likeness (QED) is 0.848. The summed E-state index contributed by atoms with van der Waals surface area (Å²) in [7, 11) is 1.88. The van der Waals surface area contributed by atoms with Gasteiger partial charge in [0.15, 0.2) is 0 Å². The summed E-state index contributed by atoms with van der Waals surface area (Å²) in [6, 6.07) is 1.27. The first-order valence-corrected chi connectivity index (χ1v) is 8.01. The number of imide groups is 1. The Morgan fingerprint density at radius 2 is 2.00 bits per heavy atom. The Balaban J connectivity index is 2.46. The number of hydrogen-bond donors (Lipinski definition) is 2. The van der Waals surface area contributed by atoms with Crippen LogP contribution in [0, 0.1) is 12.8 Å². The molecule has 0 saturated carbocycles. The Labute approximate surface area is 130 Å². The van der Waals surface area contributed by atoms with E-state index in [1.54, 1.807) is 18.3 Å². The van der Waals surface area contributed by atoms with Gasteiger partial charge in [-0.1, -0.05) is 13.8 Å². The zero-order valence-corrected chi connectivity index (χ0v) is 14.2. The maximum Gasteiger partial charge on any atom is 0.321 e. The molecule has 0 aliphatic heterocycles. The van der Waals surface area contributed by atoms with Gasteiger partial charge >= 0.3 is 6.03 Å². The van der Waals surface area contributed by atoms with Gasteiger partial charge in [-0.05, 0) is 43.8 Å². The normalized spacial score (nSPS) is 12.5. The van der Waals surface area contributed by atoms with Crippen molar-refractivity contribution in [1.82, 2.24) is 15.5 Å². The summed E-state index contributed by atoms with van der Waals surface area (Å²) in [5.41, 5.74) is 1.23. The number of carbonyl (C=O) groups excluding carboxylic acids is 2. The highest BCUT2D eigenvalue weighted by atomic mass is 32.1. The van der Waals surface area contributed by atoms with E-state index in [1.165, 1.54) is 10.4 Å². The fourth-order valence-electron chi connectivity index (χ4n) is 1.69. The van der Waals surface area contributed by atoms with Crippen molar-refractivity contribution in [2.45, 2.75) is 40.3 Å². The summed E-state index contributed by atoms with van der Waals surface area (Å²) in [5, 5.41) is 7.10. The van der Waals surface area contributed by atoms with E-state index in [9.17, 15) is 9.59 Å². The summed E-state index contributed by atoms with van der Waals surface area (Å²) in [6.07, 6.45) is 0. The van der Waals surface area contributed by atoms with E-state index in [0.717, 1.165) is 0 Å². The number of urea groups is 1. The lowest BCUT2D eigenvalue weighted by molar-refractivity contribution is -0.124. The van der Waals surface area contributed by atoms with Gasteiger partial charge in [0.05, 0.1) is 6.04 Å². The first kappa shape index (κ1) is 17.7. The van der Waals surface area contributed by atoms with Crippen molar-refractivity contribution in [3.05, 3.63) is 21.9 Å². The van der Waals surface area contributed by atoms with Gasteiger partial charge in [0.1, 0.15) is 0 Å². The molecular formula is C15H25N3O2S. The molecule has 3 amide bonds. The number of nitrogens with zero attached hydrogens (tertiary/aromatic N) is 1.